The van der Waals surface area contributed by atoms with Gasteiger partial charge in [0.05, 0.1) is 6.54 Å². The first-order chi connectivity index (χ1) is 18.6. The molecule has 0 aliphatic heterocycles. The lowest BCUT2D eigenvalue weighted by Gasteiger charge is -2.15. The van der Waals surface area contributed by atoms with Gasteiger partial charge in [-0.1, -0.05) is 11.6 Å². The van der Waals surface area contributed by atoms with E-state index in [1.165, 1.54) is 37.3 Å². The van der Waals surface area contributed by atoms with Crippen molar-refractivity contribution in [3.63, 3.8) is 0 Å². The van der Waals surface area contributed by atoms with Gasteiger partial charge in [0.2, 0.25) is 0 Å². The fourth-order valence-electron chi connectivity index (χ4n) is 3.54. The maximum atomic E-state index is 13.1. The molecular weight excluding hydrogens is 576 g/mol. The number of hydrogen-bond donors (Lipinski definition) is 2. The highest BCUT2D eigenvalue weighted by molar-refractivity contribution is 6.30. The Bertz CT molecular complexity index is 1550. The molecule has 2 unspecified atom stereocenters. The van der Waals surface area contributed by atoms with Gasteiger partial charge < -0.3 is 14.9 Å². The summed E-state index contributed by atoms with van der Waals surface area (Å²) in [7, 11) is 0. The zero-order valence-corrected chi connectivity index (χ0v) is 20.9. The molecular formula is C22H18ClF6N7O4. The Morgan fingerprint density at radius 1 is 1.05 bits per heavy atom. The largest absolute Gasteiger partial charge is 0.573 e. The lowest BCUT2D eigenvalue weighted by atomic mass is 10.2. The fraction of sp³-hybridized carbons (Fsp3) is 0.318. The SMILES string of the molecule is CC(O)c1nc(Cn2nc(-c3ccc(Cl)cc3)n(CC(O)C(F)(F)F)c2=O)nn1-c1ncccc1OC(F)(F)F. The van der Waals surface area contributed by atoms with Crippen LogP contribution in [0.15, 0.2) is 47.4 Å². The smallest absolute Gasteiger partial charge is 0.402 e. The number of aromatic nitrogens is 7. The second-order valence-electron chi connectivity index (χ2n) is 8.29. The normalized spacial score (nSPS) is 13.8. The van der Waals surface area contributed by atoms with Gasteiger partial charge in [-0.15, -0.1) is 23.4 Å². The second-order valence-corrected chi connectivity index (χ2v) is 8.72. The molecule has 40 heavy (non-hydrogen) atoms. The molecule has 0 fully saturated rings. The van der Waals surface area contributed by atoms with Crippen molar-refractivity contribution < 1.29 is 41.3 Å². The van der Waals surface area contributed by atoms with Crippen molar-refractivity contribution in [3.8, 4) is 23.0 Å². The van der Waals surface area contributed by atoms with Crippen LogP contribution in [0.25, 0.3) is 17.2 Å². The fourth-order valence-corrected chi connectivity index (χ4v) is 3.66. The van der Waals surface area contributed by atoms with Crippen molar-refractivity contribution in [2.45, 2.75) is 44.8 Å². The van der Waals surface area contributed by atoms with E-state index in [1.54, 1.807) is 0 Å². The van der Waals surface area contributed by atoms with Crippen LogP contribution in [-0.2, 0) is 13.1 Å². The second kappa shape index (κ2) is 10.9. The molecule has 18 heteroatoms. The minimum absolute atomic E-state index is 0.195. The van der Waals surface area contributed by atoms with Crippen molar-refractivity contribution >= 4 is 11.6 Å². The minimum Gasteiger partial charge on any atom is -0.402 e. The summed E-state index contributed by atoms with van der Waals surface area (Å²) < 4.78 is 84.0. The van der Waals surface area contributed by atoms with E-state index in [-0.39, 0.29) is 23.0 Å². The first-order valence-electron chi connectivity index (χ1n) is 11.2. The van der Waals surface area contributed by atoms with E-state index in [0.717, 1.165) is 16.9 Å². The Morgan fingerprint density at radius 2 is 1.73 bits per heavy atom. The van der Waals surface area contributed by atoms with Crippen molar-refractivity contribution in [1.82, 2.24) is 34.1 Å². The topological polar surface area (TPSA) is 133 Å². The maximum Gasteiger partial charge on any atom is 0.573 e. The molecule has 3 heterocycles. The number of rotatable bonds is 8. The number of aliphatic hydroxyl groups excluding tert-OH is 2. The van der Waals surface area contributed by atoms with Crippen molar-refractivity contribution in [2.24, 2.45) is 0 Å². The highest BCUT2D eigenvalue weighted by Crippen LogP contribution is 2.29. The van der Waals surface area contributed by atoms with E-state index in [4.69, 9.17) is 11.6 Å². The molecule has 2 N–H and O–H groups in total. The van der Waals surface area contributed by atoms with Gasteiger partial charge in [0.25, 0.3) is 0 Å². The first-order valence-corrected chi connectivity index (χ1v) is 11.5. The molecule has 0 bridgehead atoms. The molecule has 0 amide bonds. The predicted octanol–water partition coefficient (Wildman–Crippen LogP) is 3.26. The van der Waals surface area contributed by atoms with Gasteiger partial charge in [0, 0.05) is 16.8 Å². The zero-order chi connectivity index (χ0) is 29.4. The first kappa shape index (κ1) is 29.0. The average molecular weight is 594 g/mol. The number of ether oxygens (including phenoxy) is 1. The maximum absolute atomic E-state index is 13.1. The Hall–Kier alpha value is -3.96. The third kappa shape index (κ3) is 6.43. The van der Waals surface area contributed by atoms with Crippen LogP contribution >= 0.6 is 11.6 Å². The molecule has 4 aromatic rings. The Kier molecular flexibility index (Phi) is 7.91. The molecule has 4 rings (SSSR count). The number of pyridine rings is 1. The summed E-state index contributed by atoms with van der Waals surface area (Å²) >= 11 is 5.87. The Balaban J connectivity index is 1.78. The van der Waals surface area contributed by atoms with Crippen LogP contribution in [0.4, 0.5) is 26.3 Å². The van der Waals surface area contributed by atoms with Gasteiger partial charge in [-0.2, -0.15) is 17.9 Å². The van der Waals surface area contributed by atoms with Gasteiger partial charge in [-0.05, 0) is 43.3 Å². The monoisotopic (exact) mass is 593 g/mol. The highest BCUT2D eigenvalue weighted by atomic mass is 35.5. The number of nitrogens with zero attached hydrogens (tertiary/aromatic N) is 7. The van der Waals surface area contributed by atoms with Crippen LogP contribution in [0, 0.1) is 0 Å². The van der Waals surface area contributed by atoms with Gasteiger partial charge >= 0.3 is 18.2 Å². The number of halogens is 7. The van der Waals surface area contributed by atoms with E-state index < -0.39 is 55.1 Å². The third-order valence-electron chi connectivity index (χ3n) is 5.28. The summed E-state index contributed by atoms with van der Waals surface area (Å²) in [6.07, 6.45) is -13.3. The van der Waals surface area contributed by atoms with Crippen LogP contribution in [0.5, 0.6) is 5.75 Å². The summed E-state index contributed by atoms with van der Waals surface area (Å²) in [5.74, 6) is -2.03. The van der Waals surface area contributed by atoms with Gasteiger partial charge in [0.15, 0.2) is 35.1 Å². The summed E-state index contributed by atoms with van der Waals surface area (Å²) in [5.41, 5.74) is -0.887. The van der Waals surface area contributed by atoms with E-state index in [0.29, 0.717) is 14.3 Å². The molecule has 1 aromatic carbocycles. The lowest BCUT2D eigenvalue weighted by Crippen LogP contribution is -2.37. The van der Waals surface area contributed by atoms with Crippen LogP contribution in [-0.4, -0.2) is 63.0 Å². The van der Waals surface area contributed by atoms with Crippen molar-refractivity contribution in [1.29, 1.82) is 0 Å². The average Bonchev–Trinajstić information content (AvgIpc) is 3.40. The van der Waals surface area contributed by atoms with Crippen LogP contribution in [0.1, 0.15) is 24.7 Å². The lowest BCUT2D eigenvalue weighted by molar-refractivity contribution is -0.274. The van der Waals surface area contributed by atoms with E-state index in [2.05, 4.69) is 24.9 Å². The summed E-state index contributed by atoms with van der Waals surface area (Å²) in [6, 6.07) is 7.75. The molecule has 0 aliphatic carbocycles. The molecule has 214 valence electrons. The summed E-state index contributed by atoms with van der Waals surface area (Å²) in [6.45, 7) is -0.522. The molecule has 0 aliphatic rings. The number of hydrogen-bond acceptors (Lipinski definition) is 8. The van der Waals surface area contributed by atoms with Crippen LogP contribution in [0.2, 0.25) is 5.02 Å². The van der Waals surface area contributed by atoms with Gasteiger partial charge in [-0.3, -0.25) is 4.57 Å². The molecule has 11 nitrogen and oxygen atoms in total. The minimum atomic E-state index is -5.08. The van der Waals surface area contributed by atoms with Gasteiger partial charge in [0.1, 0.15) is 12.6 Å². The number of benzene rings is 1. The molecule has 0 radical (unpaired) electrons. The van der Waals surface area contributed by atoms with Crippen LogP contribution < -0.4 is 10.4 Å². The number of alkyl halides is 6. The standard InChI is InChI=1S/C22H18ClF6N7O4/c1-11(37)17-31-16(32-36(17)19-14(3-2-8-30-19)40-22(27,28)29)10-35-20(39)34(9-15(38)21(24,25)26)18(33-35)12-4-6-13(23)7-5-12/h2-8,11,15,37-38H,9-10H2,1H3. The van der Waals surface area contributed by atoms with Crippen molar-refractivity contribution in [2.75, 3.05) is 0 Å². The van der Waals surface area contributed by atoms with E-state index >= 15 is 0 Å². The molecule has 0 spiro atoms. The Labute approximate surface area is 224 Å². The Morgan fingerprint density at radius 3 is 2.33 bits per heavy atom. The van der Waals surface area contributed by atoms with Crippen LogP contribution in [0.3, 0.4) is 0 Å². The summed E-state index contributed by atoms with van der Waals surface area (Å²) in [5, 5.41) is 28.2. The van der Waals surface area contributed by atoms with Crippen molar-refractivity contribution in [3.05, 3.63) is 69.8 Å². The molecule has 0 saturated heterocycles. The number of aliphatic hydroxyl groups is 2. The molecule has 0 saturated carbocycles. The third-order valence-corrected chi connectivity index (χ3v) is 5.53. The zero-order valence-electron chi connectivity index (χ0n) is 20.1. The molecule has 3 aromatic heterocycles. The van der Waals surface area contributed by atoms with E-state index in [1.807, 2.05) is 0 Å². The summed E-state index contributed by atoms with van der Waals surface area (Å²) in [4.78, 5) is 21.0. The quantitative estimate of drug-likeness (QED) is 0.298. The predicted molar refractivity (Wildman–Crippen MR) is 125 cm³/mol. The van der Waals surface area contributed by atoms with E-state index in [9.17, 15) is 41.4 Å². The van der Waals surface area contributed by atoms with Gasteiger partial charge in [-0.25, -0.2) is 19.4 Å². The molecule has 2 atom stereocenters. The highest BCUT2D eigenvalue weighted by Gasteiger charge is 2.39.